The van der Waals surface area contributed by atoms with E-state index in [0.29, 0.717) is 6.61 Å². The van der Waals surface area contributed by atoms with Gasteiger partial charge in [0, 0.05) is 13.2 Å². The highest BCUT2D eigenvalue weighted by Gasteiger charge is 2.22. The molecule has 0 bridgehead atoms. The van der Waals surface area contributed by atoms with Crippen LogP contribution >= 0.6 is 0 Å². The molecule has 1 unspecified atom stereocenters. The first-order valence-corrected chi connectivity index (χ1v) is 17.0. The molecule has 40 heavy (non-hydrogen) atoms. The number of quaternary nitrogens is 1. The van der Waals surface area contributed by atoms with Crippen LogP contribution in [-0.2, 0) is 9.47 Å². The van der Waals surface area contributed by atoms with Crippen LogP contribution in [0.3, 0.4) is 0 Å². The molecule has 0 amide bonds. The maximum atomic E-state index is 9.43. The monoisotopic (exact) mass is 631 g/mol. The lowest BCUT2D eigenvalue weighted by atomic mass is 10.1. The quantitative estimate of drug-likeness (QED) is 0.0545. The Labute approximate surface area is 261 Å². The maximum absolute atomic E-state index is 9.43. The molecule has 0 heterocycles. The fraction of sp³-hybridized carbons (Fsp3) is 0.886. The molecule has 240 valence electrons. The smallest absolute Gasteiger partial charge is 0.130 e. The van der Waals surface area contributed by atoms with Crippen LogP contribution in [0.15, 0.2) is 24.3 Å². The first-order chi connectivity index (χ1) is 19.1. The second kappa shape index (κ2) is 33.3. The Kier molecular flexibility index (Phi) is 34.9. The van der Waals surface area contributed by atoms with Gasteiger partial charge in [0.1, 0.15) is 19.2 Å². The van der Waals surface area contributed by atoms with Gasteiger partial charge >= 0.3 is 0 Å². The van der Waals surface area contributed by atoms with Crippen LogP contribution in [0, 0.1) is 0 Å². The summed E-state index contributed by atoms with van der Waals surface area (Å²) in [5.74, 6) is 0. The maximum Gasteiger partial charge on any atom is 0.130 e. The molecular formula is C35H70BrNO3. The molecule has 0 aromatic rings. The molecule has 1 N–H and O–H groups in total. The van der Waals surface area contributed by atoms with E-state index in [1.54, 1.807) is 0 Å². The SMILES string of the molecule is CCCCC=CCCCCCCCCOCC(C[N+](C)(C)CCO)OCCCCCCCCC=CCCCC.[Br-]. The normalized spacial score (nSPS) is 12.9. The van der Waals surface area contributed by atoms with Crippen molar-refractivity contribution in [1.29, 1.82) is 0 Å². The summed E-state index contributed by atoms with van der Waals surface area (Å²) in [5.41, 5.74) is 0. The number of hydrogen-bond acceptors (Lipinski definition) is 3. The number of aliphatic hydroxyl groups is 1. The standard InChI is InChI=1S/C35H70NO3.BrH/c1-5-7-9-11-13-15-17-19-21-23-25-27-31-38-34-35(33-36(3,4)29-30-37)39-32-28-26-24-22-20-18-16-14-12-10-8-6-2;/h11-14,35,37H,5-10,15-34H2,1-4H3;1H/q+1;/p-1. The fourth-order valence-electron chi connectivity index (χ4n) is 4.89. The Hall–Kier alpha value is -0.200. The van der Waals surface area contributed by atoms with Crippen molar-refractivity contribution in [2.75, 3.05) is 53.6 Å². The van der Waals surface area contributed by atoms with Gasteiger partial charge in [0.25, 0.3) is 0 Å². The van der Waals surface area contributed by atoms with E-state index in [0.717, 1.165) is 43.6 Å². The molecule has 0 aromatic heterocycles. The average molecular weight is 633 g/mol. The van der Waals surface area contributed by atoms with E-state index in [-0.39, 0.29) is 29.7 Å². The van der Waals surface area contributed by atoms with Crippen molar-refractivity contribution in [1.82, 2.24) is 0 Å². The highest BCUT2D eigenvalue weighted by Crippen LogP contribution is 2.11. The Morgan fingerprint density at radius 1 is 0.600 bits per heavy atom. The van der Waals surface area contributed by atoms with Crippen LogP contribution in [-0.4, -0.2) is 69.3 Å². The number of hydrogen-bond donors (Lipinski definition) is 1. The number of allylic oxidation sites excluding steroid dienone is 4. The summed E-state index contributed by atoms with van der Waals surface area (Å²) in [4.78, 5) is 0. The first kappa shape index (κ1) is 41.9. The molecule has 4 nitrogen and oxygen atoms in total. The molecule has 0 saturated heterocycles. The van der Waals surface area contributed by atoms with E-state index in [1.807, 2.05) is 0 Å². The molecule has 5 heteroatoms. The number of unbranched alkanes of at least 4 members (excludes halogenated alkanes) is 16. The fourth-order valence-corrected chi connectivity index (χ4v) is 4.89. The summed E-state index contributed by atoms with van der Waals surface area (Å²) in [7, 11) is 4.35. The highest BCUT2D eigenvalue weighted by atomic mass is 79.9. The van der Waals surface area contributed by atoms with Gasteiger partial charge in [0.15, 0.2) is 0 Å². The van der Waals surface area contributed by atoms with Gasteiger partial charge in [0.2, 0.25) is 0 Å². The predicted molar refractivity (Wildman–Crippen MR) is 171 cm³/mol. The van der Waals surface area contributed by atoms with Gasteiger partial charge in [-0.25, -0.2) is 0 Å². The molecule has 0 rings (SSSR count). The van der Waals surface area contributed by atoms with Crippen molar-refractivity contribution in [2.45, 2.75) is 148 Å². The molecule has 0 aliphatic carbocycles. The minimum Gasteiger partial charge on any atom is -1.00 e. The topological polar surface area (TPSA) is 38.7 Å². The lowest BCUT2D eigenvalue weighted by Crippen LogP contribution is -3.00. The molecule has 1 atom stereocenters. The number of halogens is 1. The van der Waals surface area contributed by atoms with Gasteiger partial charge in [-0.3, -0.25) is 0 Å². The van der Waals surface area contributed by atoms with E-state index in [1.165, 1.54) is 116 Å². The van der Waals surface area contributed by atoms with Crippen LogP contribution in [0.1, 0.15) is 142 Å². The zero-order valence-corrected chi connectivity index (χ0v) is 28.9. The summed E-state index contributed by atoms with van der Waals surface area (Å²) >= 11 is 0. The summed E-state index contributed by atoms with van der Waals surface area (Å²) in [5, 5.41) is 9.43. The lowest BCUT2D eigenvalue weighted by molar-refractivity contribution is -0.893. The van der Waals surface area contributed by atoms with Crippen molar-refractivity contribution in [3.05, 3.63) is 24.3 Å². The molecule has 0 fully saturated rings. The Morgan fingerprint density at radius 3 is 1.50 bits per heavy atom. The Bertz CT molecular complexity index is 539. The molecule has 0 radical (unpaired) electrons. The number of aliphatic hydroxyl groups excluding tert-OH is 1. The summed E-state index contributed by atoms with van der Waals surface area (Å²) in [6.45, 7) is 8.69. The Morgan fingerprint density at radius 2 is 1.02 bits per heavy atom. The van der Waals surface area contributed by atoms with Gasteiger partial charge in [0.05, 0.1) is 27.3 Å². The van der Waals surface area contributed by atoms with Crippen molar-refractivity contribution in [3.63, 3.8) is 0 Å². The number of nitrogens with zero attached hydrogens (tertiary/aromatic N) is 1. The second-order valence-electron chi connectivity index (χ2n) is 12.2. The molecular weight excluding hydrogens is 562 g/mol. The molecule has 0 aromatic carbocycles. The largest absolute Gasteiger partial charge is 1.00 e. The Balaban J connectivity index is 0. The van der Waals surface area contributed by atoms with Gasteiger partial charge in [-0.15, -0.1) is 0 Å². The second-order valence-corrected chi connectivity index (χ2v) is 12.2. The van der Waals surface area contributed by atoms with E-state index >= 15 is 0 Å². The third-order valence-corrected chi connectivity index (χ3v) is 7.52. The van der Waals surface area contributed by atoms with Crippen LogP contribution in [0.5, 0.6) is 0 Å². The third-order valence-electron chi connectivity index (χ3n) is 7.52. The number of likely N-dealkylation sites (N-methyl/N-ethyl adjacent to an activating group) is 1. The van der Waals surface area contributed by atoms with Crippen LogP contribution in [0.25, 0.3) is 0 Å². The van der Waals surface area contributed by atoms with E-state index in [2.05, 4.69) is 52.2 Å². The van der Waals surface area contributed by atoms with E-state index in [9.17, 15) is 5.11 Å². The zero-order chi connectivity index (χ0) is 28.7. The summed E-state index contributed by atoms with van der Waals surface area (Å²) in [6.07, 6.45) is 35.2. The van der Waals surface area contributed by atoms with Crippen LogP contribution < -0.4 is 17.0 Å². The molecule has 0 saturated carbocycles. The molecule has 0 aliphatic heterocycles. The van der Waals surface area contributed by atoms with Gasteiger partial charge in [-0.05, 0) is 51.4 Å². The van der Waals surface area contributed by atoms with Crippen molar-refractivity contribution < 1.29 is 36.0 Å². The molecule has 0 aliphatic rings. The van der Waals surface area contributed by atoms with Crippen molar-refractivity contribution in [3.8, 4) is 0 Å². The summed E-state index contributed by atoms with van der Waals surface area (Å²) in [6, 6.07) is 0. The van der Waals surface area contributed by atoms with E-state index in [4.69, 9.17) is 9.47 Å². The molecule has 0 spiro atoms. The minimum atomic E-state index is 0. The first-order valence-electron chi connectivity index (χ1n) is 17.0. The highest BCUT2D eigenvalue weighted by molar-refractivity contribution is 4.81. The lowest BCUT2D eigenvalue weighted by Gasteiger charge is -2.32. The number of rotatable bonds is 31. The van der Waals surface area contributed by atoms with Crippen LogP contribution in [0.4, 0.5) is 0 Å². The van der Waals surface area contributed by atoms with Gasteiger partial charge in [-0.1, -0.05) is 115 Å². The zero-order valence-electron chi connectivity index (χ0n) is 27.4. The average Bonchev–Trinajstić information content (AvgIpc) is 2.91. The van der Waals surface area contributed by atoms with Gasteiger partial charge < -0.3 is 36.0 Å². The third kappa shape index (κ3) is 32.3. The van der Waals surface area contributed by atoms with E-state index < -0.39 is 0 Å². The van der Waals surface area contributed by atoms with Crippen LogP contribution in [0.2, 0.25) is 0 Å². The minimum absolute atomic E-state index is 0. The van der Waals surface area contributed by atoms with Crippen molar-refractivity contribution >= 4 is 0 Å². The summed E-state index contributed by atoms with van der Waals surface area (Å²) < 4.78 is 13.1. The van der Waals surface area contributed by atoms with Crippen molar-refractivity contribution in [2.24, 2.45) is 0 Å². The number of ether oxygens (including phenoxy) is 2. The van der Waals surface area contributed by atoms with Gasteiger partial charge in [-0.2, -0.15) is 0 Å². The predicted octanol–water partition coefficient (Wildman–Crippen LogP) is 6.42.